The van der Waals surface area contributed by atoms with Gasteiger partial charge in [0.1, 0.15) is 6.04 Å². The van der Waals surface area contributed by atoms with Gasteiger partial charge in [-0.2, -0.15) is 0 Å². The number of amides is 2. The number of hydrogen-bond acceptors (Lipinski definition) is 7. The lowest BCUT2D eigenvalue weighted by atomic mass is 9.85. The summed E-state index contributed by atoms with van der Waals surface area (Å²) in [5.41, 5.74) is 3.45. The molecule has 2 heterocycles. The van der Waals surface area contributed by atoms with Crippen molar-refractivity contribution in [2.45, 2.75) is 51.0 Å². The van der Waals surface area contributed by atoms with E-state index in [1.807, 2.05) is 48.5 Å². The van der Waals surface area contributed by atoms with E-state index in [1.54, 1.807) is 23.5 Å². The topological polar surface area (TPSA) is 86.7 Å². The number of benzene rings is 3. The Bertz CT molecular complexity index is 1480. The van der Waals surface area contributed by atoms with Crippen molar-refractivity contribution in [3.63, 3.8) is 0 Å². The molecule has 40 heavy (non-hydrogen) atoms. The van der Waals surface area contributed by atoms with Crippen molar-refractivity contribution < 1.29 is 9.59 Å². The van der Waals surface area contributed by atoms with Gasteiger partial charge in [-0.05, 0) is 60.7 Å². The molecule has 2 amide bonds. The van der Waals surface area contributed by atoms with Crippen LogP contribution in [-0.2, 0) is 11.2 Å². The molecular formula is C32H33N5O2S. The van der Waals surface area contributed by atoms with Crippen molar-refractivity contribution in [1.82, 2.24) is 9.88 Å². The smallest absolute Gasteiger partial charge is 0.267 e. The van der Waals surface area contributed by atoms with Crippen molar-refractivity contribution in [1.29, 1.82) is 0 Å². The molecule has 3 aromatic carbocycles. The number of guanidine groups is 1. The molecule has 1 aliphatic heterocycles. The molecule has 0 radical (unpaired) electrons. The van der Waals surface area contributed by atoms with Crippen LogP contribution in [0.25, 0.3) is 10.2 Å². The van der Waals surface area contributed by atoms with Crippen LogP contribution in [0.1, 0.15) is 54.4 Å². The Labute approximate surface area is 238 Å². The lowest BCUT2D eigenvalue weighted by Gasteiger charge is -2.23. The van der Waals surface area contributed by atoms with E-state index < -0.39 is 6.04 Å². The Balaban J connectivity index is 1.12. The van der Waals surface area contributed by atoms with Gasteiger partial charge in [-0.1, -0.05) is 85.9 Å². The van der Waals surface area contributed by atoms with Crippen molar-refractivity contribution in [3.8, 4) is 0 Å². The highest BCUT2D eigenvalue weighted by molar-refractivity contribution is 7.22. The zero-order valence-electron chi connectivity index (χ0n) is 22.4. The summed E-state index contributed by atoms with van der Waals surface area (Å²) in [6, 6.07) is 24.6. The number of carbonyl (C=O) groups excluding carboxylic acids is 2. The Morgan fingerprint density at radius 3 is 2.45 bits per heavy atom. The van der Waals surface area contributed by atoms with E-state index in [0.29, 0.717) is 23.9 Å². The number of nitrogens with zero attached hydrogens (tertiary/aromatic N) is 3. The number of carbonyl (C=O) groups is 2. The molecule has 1 fully saturated rings. The fraction of sp³-hybridized carbons (Fsp3) is 0.312. The fourth-order valence-corrected chi connectivity index (χ4v) is 6.44. The summed E-state index contributed by atoms with van der Waals surface area (Å²) in [5, 5.41) is 7.62. The number of nitrogens with one attached hydrogen (secondary N) is 2. The van der Waals surface area contributed by atoms with Gasteiger partial charge in [0.05, 0.1) is 10.2 Å². The summed E-state index contributed by atoms with van der Waals surface area (Å²) >= 11 is 1.66. The second kappa shape index (κ2) is 12.0. The van der Waals surface area contributed by atoms with Crippen LogP contribution in [0.15, 0.2) is 83.9 Å². The number of fused-ring (bicyclic) bond motifs is 1. The number of hydrogen-bond donors (Lipinski definition) is 2. The number of aromatic nitrogens is 1. The Hall–Kier alpha value is -4.04. The van der Waals surface area contributed by atoms with Crippen LogP contribution in [0.4, 0.5) is 10.8 Å². The average molecular weight is 552 g/mol. The van der Waals surface area contributed by atoms with E-state index >= 15 is 0 Å². The van der Waals surface area contributed by atoms with E-state index in [2.05, 4.69) is 33.8 Å². The molecule has 0 saturated heterocycles. The molecule has 7 nitrogen and oxygen atoms in total. The first-order valence-electron chi connectivity index (χ1n) is 14.1. The maximum absolute atomic E-state index is 13.5. The maximum Gasteiger partial charge on any atom is 0.267 e. The maximum atomic E-state index is 13.5. The zero-order chi connectivity index (χ0) is 27.3. The van der Waals surface area contributed by atoms with E-state index in [-0.39, 0.29) is 11.8 Å². The van der Waals surface area contributed by atoms with Gasteiger partial charge >= 0.3 is 0 Å². The highest BCUT2D eigenvalue weighted by Crippen LogP contribution is 2.31. The van der Waals surface area contributed by atoms with Gasteiger partial charge in [0.15, 0.2) is 5.13 Å². The molecule has 1 aliphatic carbocycles. The summed E-state index contributed by atoms with van der Waals surface area (Å²) in [4.78, 5) is 37.5. The van der Waals surface area contributed by atoms with Crippen LogP contribution in [0.5, 0.6) is 0 Å². The number of imide groups is 1. The number of para-hydroxylation sites is 1. The average Bonchev–Trinajstić information content (AvgIpc) is 3.54. The Kier molecular flexibility index (Phi) is 7.86. The summed E-state index contributed by atoms with van der Waals surface area (Å²) < 4.78 is 1.18. The lowest BCUT2D eigenvalue weighted by molar-refractivity contribution is -0.126. The molecule has 8 heteroatoms. The van der Waals surface area contributed by atoms with Gasteiger partial charge in [-0.25, -0.2) is 14.9 Å². The van der Waals surface area contributed by atoms with Gasteiger partial charge in [-0.15, -0.1) is 0 Å². The third kappa shape index (κ3) is 5.92. The van der Waals surface area contributed by atoms with Gasteiger partial charge in [-0.3, -0.25) is 9.59 Å². The molecule has 1 saturated carbocycles. The molecule has 1 aromatic heterocycles. The summed E-state index contributed by atoms with van der Waals surface area (Å²) in [6.07, 6.45) is 7.47. The van der Waals surface area contributed by atoms with Crippen LogP contribution >= 0.6 is 11.3 Å². The van der Waals surface area contributed by atoms with Crippen LogP contribution in [0.2, 0.25) is 0 Å². The third-order valence-electron chi connectivity index (χ3n) is 7.69. The number of rotatable bonds is 8. The SMILES string of the molecule is O=C(c1ccccc1)N1C(=O)[C@H](CC2CCCCC2)N=C1Nc1ccc(CCNc2nc3ccccc3s2)cc1. The monoisotopic (exact) mass is 551 g/mol. The van der Waals surface area contributed by atoms with E-state index in [4.69, 9.17) is 4.99 Å². The van der Waals surface area contributed by atoms with Gasteiger partial charge < -0.3 is 10.6 Å². The van der Waals surface area contributed by atoms with Crippen molar-refractivity contribution in [3.05, 3.63) is 90.0 Å². The molecule has 0 spiro atoms. The van der Waals surface area contributed by atoms with Gasteiger partial charge in [0.2, 0.25) is 5.96 Å². The highest BCUT2D eigenvalue weighted by atomic mass is 32.1. The normalized spacial score (nSPS) is 17.7. The lowest BCUT2D eigenvalue weighted by Crippen LogP contribution is -2.43. The Morgan fingerprint density at radius 1 is 0.925 bits per heavy atom. The van der Waals surface area contributed by atoms with E-state index in [1.165, 1.54) is 34.4 Å². The van der Waals surface area contributed by atoms with Crippen LogP contribution in [0, 0.1) is 5.92 Å². The Morgan fingerprint density at radius 2 is 1.68 bits per heavy atom. The largest absolute Gasteiger partial charge is 0.361 e. The molecule has 0 bridgehead atoms. The number of thiazole rings is 1. The molecule has 1 atom stereocenters. The minimum Gasteiger partial charge on any atom is -0.361 e. The minimum atomic E-state index is -0.522. The van der Waals surface area contributed by atoms with Crippen molar-refractivity contribution in [2.75, 3.05) is 17.2 Å². The van der Waals surface area contributed by atoms with Crippen LogP contribution < -0.4 is 10.6 Å². The van der Waals surface area contributed by atoms with Crippen LogP contribution in [0.3, 0.4) is 0 Å². The molecule has 0 unspecified atom stereocenters. The molecule has 6 rings (SSSR count). The zero-order valence-corrected chi connectivity index (χ0v) is 23.2. The predicted octanol–water partition coefficient (Wildman–Crippen LogP) is 6.74. The first kappa shape index (κ1) is 26.2. The number of aliphatic imine (C=N–C) groups is 1. The van der Waals surface area contributed by atoms with E-state index in [9.17, 15) is 9.59 Å². The summed E-state index contributed by atoms with van der Waals surface area (Å²) in [5.74, 6) is 0.208. The second-order valence-electron chi connectivity index (χ2n) is 10.5. The summed E-state index contributed by atoms with van der Waals surface area (Å²) in [6.45, 7) is 0.774. The van der Waals surface area contributed by atoms with Crippen molar-refractivity contribution >= 4 is 50.1 Å². The number of anilines is 2. The second-order valence-corrected chi connectivity index (χ2v) is 11.6. The fourth-order valence-electron chi connectivity index (χ4n) is 5.55. The third-order valence-corrected chi connectivity index (χ3v) is 8.69. The highest BCUT2D eigenvalue weighted by Gasteiger charge is 2.40. The van der Waals surface area contributed by atoms with Gasteiger partial charge in [0.25, 0.3) is 11.8 Å². The predicted molar refractivity (Wildman–Crippen MR) is 162 cm³/mol. The quantitative estimate of drug-likeness (QED) is 0.237. The first-order valence-corrected chi connectivity index (χ1v) is 14.9. The molecule has 204 valence electrons. The molecular weight excluding hydrogens is 518 g/mol. The molecule has 2 N–H and O–H groups in total. The first-order chi connectivity index (χ1) is 19.6. The van der Waals surface area contributed by atoms with Crippen molar-refractivity contribution in [2.24, 2.45) is 10.9 Å². The van der Waals surface area contributed by atoms with Crippen LogP contribution in [-0.4, -0.2) is 40.2 Å². The van der Waals surface area contributed by atoms with Gasteiger partial charge in [0, 0.05) is 17.8 Å². The molecule has 2 aliphatic rings. The van der Waals surface area contributed by atoms with E-state index in [0.717, 1.165) is 42.1 Å². The summed E-state index contributed by atoms with van der Waals surface area (Å²) in [7, 11) is 0. The standard InChI is InChI=1S/C32H33N5O2S/c38-29(24-11-5-2-6-12-24)37-30(39)27(21-23-9-3-1-4-10-23)35-31(37)34-25-17-15-22(16-18-25)19-20-33-32-36-26-13-7-8-14-28(26)40-32/h2,5-8,11-18,23,27H,1,3-4,9-10,19-21H2,(H,33,36)(H,34,35)/t27-/m0/s1. The molecule has 4 aromatic rings. The minimum absolute atomic E-state index is 0.237.